The maximum atomic E-state index is 12.9. The second-order valence-corrected chi connectivity index (χ2v) is 7.44. The van der Waals surface area contributed by atoms with Gasteiger partial charge in [-0.2, -0.15) is 0 Å². The Balaban J connectivity index is 0.00000280. The predicted molar refractivity (Wildman–Crippen MR) is 116 cm³/mol. The highest BCUT2D eigenvalue weighted by Gasteiger charge is 2.18. The summed E-state index contributed by atoms with van der Waals surface area (Å²) in [6.07, 6.45) is 3.47. The smallest absolute Gasteiger partial charge is 0.234 e. The summed E-state index contributed by atoms with van der Waals surface area (Å²) in [5.41, 5.74) is 1.01. The molecule has 0 unspecified atom stereocenters. The highest BCUT2D eigenvalue weighted by Crippen LogP contribution is 2.27. The molecule has 1 N–H and O–H groups in total. The zero-order chi connectivity index (χ0) is 19.4. The fourth-order valence-electron chi connectivity index (χ4n) is 2.41. The van der Waals surface area contributed by atoms with Gasteiger partial charge in [0.25, 0.3) is 0 Å². The standard InChI is InChI=1S/C19H15Cl2N3O2S.ClH/c1-24-9-8-22-19(24)27-11-17(25)23-16-7-6-12(20)10-14(16)18(26)13-4-2-3-5-15(13)21;/h2-10H,11H2,1H3,(H,23,25);1H. The highest BCUT2D eigenvalue weighted by atomic mass is 35.5. The van der Waals surface area contributed by atoms with E-state index in [0.29, 0.717) is 21.3 Å². The molecule has 0 saturated heterocycles. The van der Waals surface area contributed by atoms with E-state index in [9.17, 15) is 9.59 Å². The number of amides is 1. The molecule has 1 aromatic heterocycles. The van der Waals surface area contributed by atoms with Crippen molar-refractivity contribution in [1.29, 1.82) is 0 Å². The average Bonchev–Trinajstić information content (AvgIpc) is 3.06. The number of imidazole rings is 1. The van der Waals surface area contributed by atoms with E-state index in [1.807, 2.05) is 11.6 Å². The number of hydrogen-bond acceptors (Lipinski definition) is 4. The zero-order valence-electron chi connectivity index (χ0n) is 14.7. The number of thioether (sulfide) groups is 1. The quantitative estimate of drug-likeness (QED) is 0.413. The van der Waals surface area contributed by atoms with Crippen molar-refractivity contribution in [2.45, 2.75) is 5.16 Å². The highest BCUT2D eigenvalue weighted by molar-refractivity contribution is 7.99. The third-order valence-corrected chi connectivity index (χ3v) is 5.35. The van der Waals surface area contributed by atoms with Gasteiger partial charge < -0.3 is 9.88 Å². The van der Waals surface area contributed by atoms with E-state index in [1.165, 1.54) is 17.8 Å². The van der Waals surface area contributed by atoms with Crippen LogP contribution in [0.5, 0.6) is 0 Å². The molecule has 2 aromatic carbocycles. The Bertz CT molecular complexity index is 1010. The first kappa shape index (κ1) is 22.3. The molecule has 0 spiro atoms. The first-order valence-corrected chi connectivity index (χ1v) is 9.68. The lowest BCUT2D eigenvalue weighted by atomic mass is 10.0. The minimum absolute atomic E-state index is 0. The summed E-state index contributed by atoms with van der Waals surface area (Å²) in [6, 6.07) is 11.5. The van der Waals surface area contributed by atoms with Crippen molar-refractivity contribution in [2.24, 2.45) is 7.05 Å². The van der Waals surface area contributed by atoms with E-state index in [-0.39, 0.29) is 35.4 Å². The maximum absolute atomic E-state index is 12.9. The largest absolute Gasteiger partial charge is 0.329 e. The van der Waals surface area contributed by atoms with Crippen LogP contribution in [-0.2, 0) is 11.8 Å². The summed E-state index contributed by atoms with van der Waals surface area (Å²) in [7, 11) is 1.85. The molecule has 5 nitrogen and oxygen atoms in total. The van der Waals surface area contributed by atoms with Crippen molar-refractivity contribution in [1.82, 2.24) is 9.55 Å². The summed E-state index contributed by atoms with van der Waals surface area (Å²) in [6.45, 7) is 0. The summed E-state index contributed by atoms with van der Waals surface area (Å²) >= 11 is 13.5. The Labute approximate surface area is 182 Å². The average molecular weight is 457 g/mol. The van der Waals surface area contributed by atoms with Crippen LogP contribution >= 0.6 is 47.4 Å². The van der Waals surface area contributed by atoms with E-state index >= 15 is 0 Å². The van der Waals surface area contributed by atoms with Crippen molar-refractivity contribution in [3.05, 3.63) is 76.0 Å². The Hall–Kier alpha value is -1.99. The van der Waals surface area contributed by atoms with E-state index in [0.717, 1.165) is 5.16 Å². The number of aryl methyl sites for hydroxylation is 1. The van der Waals surface area contributed by atoms with Crippen molar-refractivity contribution < 1.29 is 9.59 Å². The number of nitrogens with zero attached hydrogens (tertiary/aromatic N) is 2. The Morgan fingerprint density at radius 2 is 1.89 bits per heavy atom. The predicted octanol–water partition coefficient (Wildman–Crippen LogP) is 5.11. The van der Waals surface area contributed by atoms with Crippen molar-refractivity contribution in [2.75, 3.05) is 11.1 Å². The van der Waals surface area contributed by atoms with Crippen LogP contribution in [0.2, 0.25) is 10.0 Å². The number of rotatable bonds is 6. The van der Waals surface area contributed by atoms with Crippen molar-refractivity contribution in [3.8, 4) is 0 Å². The van der Waals surface area contributed by atoms with Gasteiger partial charge in [0.2, 0.25) is 5.91 Å². The molecule has 146 valence electrons. The van der Waals surface area contributed by atoms with Gasteiger partial charge in [-0.1, -0.05) is 47.1 Å². The molecule has 0 aliphatic carbocycles. The van der Waals surface area contributed by atoms with E-state index in [1.54, 1.807) is 48.8 Å². The molecule has 0 bridgehead atoms. The molecule has 28 heavy (non-hydrogen) atoms. The maximum Gasteiger partial charge on any atom is 0.234 e. The Kier molecular flexibility index (Phi) is 7.95. The van der Waals surface area contributed by atoms with E-state index in [4.69, 9.17) is 23.2 Å². The molecule has 0 aliphatic heterocycles. The third kappa shape index (κ3) is 5.29. The molecule has 0 fully saturated rings. The first-order chi connectivity index (χ1) is 13.0. The number of hydrogen-bond donors (Lipinski definition) is 1. The van der Waals surface area contributed by atoms with Crippen LogP contribution in [0.15, 0.2) is 60.0 Å². The summed E-state index contributed by atoms with van der Waals surface area (Å²) in [5.74, 6) is -0.401. The Morgan fingerprint density at radius 3 is 2.57 bits per heavy atom. The molecule has 3 aromatic rings. The second kappa shape index (κ2) is 9.98. The van der Waals surface area contributed by atoms with Gasteiger partial charge in [0.15, 0.2) is 10.9 Å². The number of anilines is 1. The summed E-state index contributed by atoms with van der Waals surface area (Å²) in [5, 5.41) is 4.23. The molecular weight excluding hydrogens is 441 g/mol. The number of nitrogens with one attached hydrogen (secondary N) is 1. The molecule has 3 rings (SSSR count). The third-order valence-electron chi connectivity index (χ3n) is 3.73. The molecule has 1 amide bonds. The van der Waals surface area contributed by atoms with Gasteiger partial charge in [-0.05, 0) is 30.3 Å². The van der Waals surface area contributed by atoms with Crippen LogP contribution < -0.4 is 5.32 Å². The monoisotopic (exact) mass is 455 g/mol. The van der Waals surface area contributed by atoms with Gasteiger partial charge >= 0.3 is 0 Å². The minimum Gasteiger partial charge on any atom is -0.329 e. The van der Waals surface area contributed by atoms with E-state index in [2.05, 4.69) is 10.3 Å². The molecule has 0 saturated carbocycles. The van der Waals surface area contributed by atoms with E-state index < -0.39 is 0 Å². The molecule has 0 atom stereocenters. The topological polar surface area (TPSA) is 64.0 Å². The van der Waals surface area contributed by atoms with Crippen LogP contribution in [0.3, 0.4) is 0 Å². The van der Waals surface area contributed by atoms with Crippen LogP contribution in [0.1, 0.15) is 15.9 Å². The van der Waals surface area contributed by atoms with Crippen LogP contribution in [0.4, 0.5) is 5.69 Å². The number of ketones is 1. The molecule has 0 aliphatic rings. The van der Waals surface area contributed by atoms with Gasteiger partial charge in [-0.3, -0.25) is 9.59 Å². The van der Waals surface area contributed by atoms with Crippen LogP contribution in [0, 0.1) is 0 Å². The second-order valence-electron chi connectivity index (χ2n) is 5.66. The number of aromatic nitrogens is 2. The first-order valence-electron chi connectivity index (χ1n) is 7.94. The number of carbonyl (C=O) groups excluding carboxylic acids is 2. The van der Waals surface area contributed by atoms with Crippen molar-refractivity contribution >= 4 is 64.7 Å². The normalized spacial score (nSPS) is 10.2. The lowest BCUT2D eigenvalue weighted by Gasteiger charge is -2.12. The van der Waals surface area contributed by atoms with Gasteiger partial charge in [-0.15, -0.1) is 12.4 Å². The minimum atomic E-state index is -0.310. The lowest BCUT2D eigenvalue weighted by Crippen LogP contribution is -2.17. The van der Waals surface area contributed by atoms with Crippen molar-refractivity contribution in [3.63, 3.8) is 0 Å². The molecule has 9 heteroatoms. The summed E-state index contributed by atoms with van der Waals surface area (Å²) < 4.78 is 1.83. The fourth-order valence-corrected chi connectivity index (χ4v) is 3.54. The molecular formula is C19H16Cl3N3O2S. The number of benzene rings is 2. The molecule has 0 radical (unpaired) electrons. The number of halogens is 3. The van der Waals surface area contributed by atoms with Crippen LogP contribution in [-0.4, -0.2) is 27.0 Å². The van der Waals surface area contributed by atoms with Gasteiger partial charge in [-0.25, -0.2) is 4.98 Å². The SMILES string of the molecule is Cl.Cn1ccnc1SCC(=O)Nc1ccc(Cl)cc1C(=O)c1ccccc1Cl. The zero-order valence-corrected chi connectivity index (χ0v) is 17.8. The fraction of sp³-hybridized carbons (Fsp3) is 0.105. The lowest BCUT2D eigenvalue weighted by molar-refractivity contribution is -0.113. The van der Waals surface area contributed by atoms with Crippen LogP contribution in [0.25, 0.3) is 0 Å². The van der Waals surface area contributed by atoms with Gasteiger partial charge in [0.1, 0.15) is 0 Å². The molecule has 1 heterocycles. The van der Waals surface area contributed by atoms with Gasteiger partial charge in [0.05, 0.1) is 16.5 Å². The number of carbonyl (C=O) groups is 2. The van der Waals surface area contributed by atoms with Gasteiger partial charge in [0, 0.05) is 35.6 Å². The Morgan fingerprint density at radius 1 is 1.14 bits per heavy atom. The summed E-state index contributed by atoms with van der Waals surface area (Å²) in [4.78, 5) is 29.4.